The Bertz CT molecular complexity index is 993. The molecule has 3 aromatic rings. The minimum absolute atomic E-state index is 0.198. The molecule has 0 aliphatic carbocycles. The van der Waals surface area contributed by atoms with E-state index in [2.05, 4.69) is 41.8 Å². The molecule has 0 aliphatic heterocycles. The highest BCUT2D eigenvalue weighted by atomic mass is 16.2. The molecular formula is C24H23N3O2. The van der Waals surface area contributed by atoms with E-state index in [1.807, 2.05) is 30.3 Å². The van der Waals surface area contributed by atoms with Crippen LogP contribution in [-0.4, -0.2) is 18.0 Å². The van der Waals surface area contributed by atoms with E-state index >= 15 is 0 Å². The van der Waals surface area contributed by atoms with Crippen molar-refractivity contribution < 1.29 is 9.59 Å². The number of anilines is 1. The lowest BCUT2D eigenvalue weighted by Gasteiger charge is -2.06. The Kier molecular flexibility index (Phi) is 6.53. The molecule has 2 N–H and O–H groups in total. The highest BCUT2D eigenvalue weighted by Gasteiger charge is 2.07. The van der Waals surface area contributed by atoms with Gasteiger partial charge in [0.25, 0.3) is 11.8 Å². The second-order valence-corrected chi connectivity index (χ2v) is 6.92. The van der Waals surface area contributed by atoms with Crippen molar-refractivity contribution in [3.63, 3.8) is 0 Å². The normalized spacial score (nSPS) is 10.9. The van der Waals surface area contributed by atoms with Crippen LogP contribution in [0.25, 0.3) is 0 Å². The summed E-state index contributed by atoms with van der Waals surface area (Å²) in [4.78, 5) is 24.4. The van der Waals surface area contributed by atoms with Gasteiger partial charge >= 0.3 is 0 Å². The van der Waals surface area contributed by atoms with Crippen LogP contribution in [-0.2, 0) is 0 Å². The van der Waals surface area contributed by atoms with Gasteiger partial charge in [0, 0.05) is 16.8 Å². The summed E-state index contributed by atoms with van der Waals surface area (Å²) in [5.41, 5.74) is 6.32. The lowest BCUT2D eigenvalue weighted by atomic mass is 10.0. The summed E-state index contributed by atoms with van der Waals surface area (Å²) in [5, 5.41) is 6.81. The Labute approximate surface area is 170 Å². The average molecular weight is 385 g/mol. The molecule has 0 fully saturated rings. The molecule has 3 rings (SSSR count). The highest BCUT2D eigenvalue weighted by Crippen LogP contribution is 2.14. The van der Waals surface area contributed by atoms with Crippen LogP contribution in [0.3, 0.4) is 0 Å². The maximum absolute atomic E-state index is 12.2. The van der Waals surface area contributed by atoms with Gasteiger partial charge in [0.05, 0.1) is 6.21 Å². The molecule has 0 spiro atoms. The first-order valence-corrected chi connectivity index (χ1v) is 9.43. The number of rotatable bonds is 6. The van der Waals surface area contributed by atoms with E-state index < -0.39 is 0 Å². The van der Waals surface area contributed by atoms with Gasteiger partial charge in [-0.1, -0.05) is 56.3 Å². The molecule has 0 radical (unpaired) electrons. The smallest absolute Gasteiger partial charge is 0.271 e. The number of amides is 2. The van der Waals surface area contributed by atoms with Crippen LogP contribution in [0.4, 0.5) is 5.69 Å². The summed E-state index contributed by atoms with van der Waals surface area (Å²) in [6.45, 7) is 4.28. The SMILES string of the molecule is CC(C)c1ccc(/C=N\NC(=O)c2ccc(NC(=O)c3ccccc3)cc2)cc1. The van der Waals surface area contributed by atoms with Crippen LogP contribution >= 0.6 is 0 Å². The van der Waals surface area contributed by atoms with Gasteiger partial charge in [0.15, 0.2) is 0 Å². The number of hydrazone groups is 1. The second kappa shape index (κ2) is 9.46. The van der Waals surface area contributed by atoms with Gasteiger partial charge in [-0.15, -0.1) is 0 Å². The molecule has 0 aromatic heterocycles. The van der Waals surface area contributed by atoms with Gasteiger partial charge in [0.2, 0.25) is 0 Å². The molecule has 146 valence electrons. The average Bonchev–Trinajstić information content (AvgIpc) is 2.75. The third-order valence-electron chi connectivity index (χ3n) is 4.42. The van der Waals surface area contributed by atoms with Crippen LogP contribution in [0, 0.1) is 0 Å². The minimum Gasteiger partial charge on any atom is -0.322 e. The van der Waals surface area contributed by atoms with E-state index in [0.29, 0.717) is 22.7 Å². The Morgan fingerprint density at radius 3 is 2.03 bits per heavy atom. The summed E-state index contributed by atoms with van der Waals surface area (Å²) < 4.78 is 0. The van der Waals surface area contributed by atoms with Crippen LogP contribution in [0.5, 0.6) is 0 Å². The fourth-order valence-electron chi connectivity index (χ4n) is 2.69. The van der Waals surface area contributed by atoms with Crippen LogP contribution in [0.1, 0.15) is 51.6 Å². The van der Waals surface area contributed by atoms with Crippen molar-refractivity contribution >= 4 is 23.7 Å². The van der Waals surface area contributed by atoms with Crippen molar-refractivity contribution in [3.05, 3.63) is 101 Å². The van der Waals surface area contributed by atoms with E-state index in [0.717, 1.165) is 5.56 Å². The zero-order valence-corrected chi connectivity index (χ0v) is 16.4. The molecule has 0 saturated carbocycles. The van der Waals surface area contributed by atoms with E-state index in [4.69, 9.17) is 0 Å². The lowest BCUT2D eigenvalue weighted by Crippen LogP contribution is -2.17. The van der Waals surface area contributed by atoms with E-state index in [1.54, 1.807) is 42.6 Å². The molecule has 3 aromatic carbocycles. The standard InChI is InChI=1S/C24H23N3O2/c1-17(2)19-10-8-18(9-11-19)16-25-27-24(29)21-12-14-22(15-13-21)26-23(28)20-6-4-3-5-7-20/h3-17H,1-2H3,(H,26,28)(H,27,29)/b25-16-. The predicted octanol–water partition coefficient (Wildman–Crippen LogP) is 4.83. The molecule has 0 atom stereocenters. The van der Waals surface area contributed by atoms with E-state index in [1.165, 1.54) is 5.56 Å². The summed E-state index contributed by atoms with van der Waals surface area (Å²) in [6.07, 6.45) is 1.61. The van der Waals surface area contributed by atoms with Gasteiger partial charge in [-0.2, -0.15) is 5.10 Å². The largest absolute Gasteiger partial charge is 0.322 e. The number of nitrogens with zero attached hydrogens (tertiary/aromatic N) is 1. The van der Waals surface area contributed by atoms with Gasteiger partial charge in [-0.05, 0) is 53.4 Å². The van der Waals surface area contributed by atoms with Gasteiger partial charge in [-0.25, -0.2) is 5.43 Å². The zero-order valence-electron chi connectivity index (χ0n) is 16.4. The number of nitrogens with one attached hydrogen (secondary N) is 2. The van der Waals surface area contributed by atoms with E-state index in [9.17, 15) is 9.59 Å². The van der Waals surface area contributed by atoms with Crippen molar-refractivity contribution in [1.82, 2.24) is 5.43 Å². The maximum Gasteiger partial charge on any atom is 0.271 e. The van der Waals surface area contributed by atoms with Crippen molar-refractivity contribution in [2.75, 3.05) is 5.32 Å². The number of carbonyl (C=O) groups excluding carboxylic acids is 2. The molecule has 0 bridgehead atoms. The fourth-order valence-corrected chi connectivity index (χ4v) is 2.69. The second-order valence-electron chi connectivity index (χ2n) is 6.92. The molecule has 2 amide bonds. The number of hydrogen-bond donors (Lipinski definition) is 2. The first-order valence-electron chi connectivity index (χ1n) is 9.43. The minimum atomic E-state index is -0.319. The molecule has 5 heteroatoms. The summed E-state index contributed by atoms with van der Waals surface area (Å²) >= 11 is 0. The molecule has 0 aliphatic rings. The lowest BCUT2D eigenvalue weighted by molar-refractivity contribution is 0.0954. The summed E-state index contributed by atoms with van der Waals surface area (Å²) in [7, 11) is 0. The zero-order chi connectivity index (χ0) is 20.6. The maximum atomic E-state index is 12.2. The van der Waals surface area contributed by atoms with Crippen LogP contribution in [0.15, 0.2) is 84.0 Å². The van der Waals surface area contributed by atoms with Crippen LogP contribution in [0.2, 0.25) is 0 Å². The van der Waals surface area contributed by atoms with Gasteiger partial charge < -0.3 is 5.32 Å². The van der Waals surface area contributed by atoms with Crippen LogP contribution < -0.4 is 10.7 Å². The van der Waals surface area contributed by atoms with Crippen molar-refractivity contribution in [2.24, 2.45) is 5.10 Å². The third-order valence-corrected chi connectivity index (χ3v) is 4.42. The Balaban J connectivity index is 1.55. The predicted molar refractivity (Wildman–Crippen MR) is 116 cm³/mol. The molecule has 0 unspecified atom stereocenters. The van der Waals surface area contributed by atoms with Gasteiger partial charge in [0.1, 0.15) is 0 Å². The molecule has 29 heavy (non-hydrogen) atoms. The Hall–Kier alpha value is -3.73. The quantitative estimate of drug-likeness (QED) is 0.471. The molecule has 0 saturated heterocycles. The third kappa shape index (κ3) is 5.62. The monoisotopic (exact) mass is 385 g/mol. The summed E-state index contributed by atoms with van der Waals surface area (Å²) in [5.74, 6) is -0.0435. The number of carbonyl (C=O) groups is 2. The van der Waals surface area contributed by atoms with Crippen molar-refractivity contribution in [2.45, 2.75) is 19.8 Å². The van der Waals surface area contributed by atoms with Gasteiger partial charge in [-0.3, -0.25) is 9.59 Å². The number of benzene rings is 3. The first-order chi connectivity index (χ1) is 14.0. The fraction of sp³-hybridized carbons (Fsp3) is 0.125. The molecular weight excluding hydrogens is 362 g/mol. The van der Waals surface area contributed by atoms with E-state index in [-0.39, 0.29) is 11.8 Å². The topological polar surface area (TPSA) is 70.6 Å². The first kappa shape index (κ1) is 20.0. The Morgan fingerprint density at radius 1 is 0.793 bits per heavy atom. The molecule has 0 heterocycles. The Morgan fingerprint density at radius 2 is 1.41 bits per heavy atom. The van der Waals surface area contributed by atoms with Crippen molar-refractivity contribution in [1.29, 1.82) is 0 Å². The summed E-state index contributed by atoms with van der Waals surface area (Å²) in [6, 6.07) is 23.6. The highest BCUT2D eigenvalue weighted by molar-refractivity contribution is 6.04. The molecule has 5 nitrogen and oxygen atoms in total. The van der Waals surface area contributed by atoms with Crippen molar-refractivity contribution in [3.8, 4) is 0 Å². The number of hydrogen-bond acceptors (Lipinski definition) is 3.